The molecule has 1 unspecified atom stereocenters. The van der Waals surface area contributed by atoms with E-state index < -0.39 is 6.17 Å². The summed E-state index contributed by atoms with van der Waals surface area (Å²) in [6, 6.07) is 16.2. The molecule has 0 amide bonds. The second-order valence-electron chi connectivity index (χ2n) is 9.84. The molecule has 0 fully saturated rings. The van der Waals surface area contributed by atoms with Crippen LogP contribution < -0.4 is 9.47 Å². The summed E-state index contributed by atoms with van der Waals surface area (Å²) in [5.41, 5.74) is 2.26. The first-order valence-corrected chi connectivity index (χ1v) is 14.3. The highest BCUT2D eigenvalue weighted by Gasteiger charge is 2.08. The van der Waals surface area contributed by atoms with Gasteiger partial charge in [0.25, 0.3) is 0 Å². The van der Waals surface area contributed by atoms with Gasteiger partial charge in [-0.05, 0) is 48.2 Å². The number of rotatable bonds is 21. The molecule has 2 aromatic rings. The van der Waals surface area contributed by atoms with Crippen LogP contribution in [0.4, 0.5) is 4.39 Å². The van der Waals surface area contributed by atoms with Crippen molar-refractivity contribution in [3.8, 4) is 22.6 Å². The molecule has 0 heterocycles. The second kappa shape index (κ2) is 19.2. The lowest BCUT2D eigenvalue weighted by Crippen LogP contribution is -2.12. The summed E-state index contributed by atoms with van der Waals surface area (Å²) in [6.45, 7) is 5.40. The molecule has 0 saturated heterocycles. The highest BCUT2D eigenvalue weighted by Crippen LogP contribution is 2.25. The Labute approximate surface area is 214 Å². The van der Waals surface area contributed by atoms with E-state index in [1.807, 2.05) is 36.4 Å². The molecule has 0 spiro atoms. The Morgan fingerprint density at radius 2 is 0.971 bits per heavy atom. The summed E-state index contributed by atoms with van der Waals surface area (Å²) in [4.78, 5) is 0. The predicted molar refractivity (Wildman–Crippen MR) is 148 cm³/mol. The molecule has 3 heteroatoms. The van der Waals surface area contributed by atoms with Crippen LogP contribution in [0, 0.1) is 0 Å². The predicted octanol–water partition coefficient (Wildman–Crippen LogP) is 10.3. The number of unbranched alkanes of at least 4 members (excludes halogenated alkanes) is 12. The Bertz CT molecular complexity index is 741. The minimum atomic E-state index is -0.890. The smallest absolute Gasteiger partial charge is 0.134 e. The van der Waals surface area contributed by atoms with E-state index in [1.165, 1.54) is 70.6 Å². The van der Waals surface area contributed by atoms with E-state index in [9.17, 15) is 4.39 Å². The quantitative estimate of drug-likeness (QED) is 0.164. The first-order chi connectivity index (χ1) is 17.2. The van der Waals surface area contributed by atoms with Crippen molar-refractivity contribution in [1.29, 1.82) is 0 Å². The van der Waals surface area contributed by atoms with E-state index in [1.54, 1.807) is 0 Å². The maximum atomic E-state index is 14.1. The van der Waals surface area contributed by atoms with Gasteiger partial charge in [-0.2, -0.15) is 0 Å². The molecule has 0 bridgehead atoms. The van der Waals surface area contributed by atoms with Gasteiger partial charge in [0.15, 0.2) is 0 Å². The lowest BCUT2D eigenvalue weighted by Gasteiger charge is -2.11. The highest BCUT2D eigenvalue weighted by molar-refractivity contribution is 5.64. The fourth-order valence-corrected chi connectivity index (χ4v) is 4.33. The molecule has 196 valence electrons. The van der Waals surface area contributed by atoms with Crippen LogP contribution in [-0.4, -0.2) is 19.4 Å². The molecule has 0 radical (unpaired) electrons. The number of benzene rings is 2. The second-order valence-corrected chi connectivity index (χ2v) is 9.84. The van der Waals surface area contributed by atoms with Crippen molar-refractivity contribution in [3.63, 3.8) is 0 Å². The zero-order valence-corrected chi connectivity index (χ0v) is 22.4. The van der Waals surface area contributed by atoms with Gasteiger partial charge < -0.3 is 9.47 Å². The first-order valence-electron chi connectivity index (χ1n) is 14.3. The van der Waals surface area contributed by atoms with Crippen LogP contribution in [0.2, 0.25) is 0 Å². The number of halogens is 1. The lowest BCUT2D eigenvalue weighted by molar-refractivity contribution is 0.184. The summed E-state index contributed by atoms with van der Waals surface area (Å²) < 4.78 is 25.7. The van der Waals surface area contributed by atoms with Gasteiger partial charge in [0.05, 0.1) is 6.61 Å². The van der Waals surface area contributed by atoms with Crippen LogP contribution in [0.1, 0.15) is 110 Å². The normalized spacial score (nSPS) is 12.0. The van der Waals surface area contributed by atoms with Crippen LogP contribution in [0.3, 0.4) is 0 Å². The van der Waals surface area contributed by atoms with Gasteiger partial charge in [0.2, 0.25) is 0 Å². The van der Waals surface area contributed by atoms with E-state index in [0.717, 1.165) is 48.5 Å². The third-order valence-electron chi connectivity index (χ3n) is 6.61. The zero-order valence-electron chi connectivity index (χ0n) is 22.4. The van der Waals surface area contributed by atoms with Crippen LogP contribution in [0.15, 0.2) is 48.5 Å². The number of alkyl halides is 1. The molecule has 2 aromatic carbocycles. The van der Waals surface area contributed by atoms with Gasteiger partial charge in [-0.3, -0.25) is 0 Å². The SMILES string of the molecule is CCCCCCCCCCOc1ccc(-c2ccc(OCC(F)CCCCCCCC)cc2)cc1. The fourth-order valence-electron chi connectivity index (χ4n) is 4.33. The van der Waals surface area contributed by atoms with Gasteiger partial charge in [0.1, 0.15) is 24.3 Å². The maximum absolute atomic E-state index is 14.1. The van der Waals surface area contributed by atoms with E-state index in [-0.39, 0.29) is 6.61 Å². The first kappa shape index (κ1) is 29.2. The molecule has 35 heavy (non-hydrogen) atoms. The van der Waals surface area contributed by atoms with E-state index >= 15 is 0 Å². The molecular weight excluding hydrogens is 435 g/mol. The zero-order chi connectivity index (χ0) is 25.0. The average molecular weight is 485 g/mol. The Morgan fingerprint density at radius 1 is 0.543 bits per heavy atom. The summed E-state index contributed by atoms with van der Waals surface area (Å²) >= 11 is 0. The van der Waals surface area contributed by atoms with Gasteiger partial charge in [-0.25, -0.2) is 4.39 Å². The lowest BCUT2D eigenvalue weighted by atomic mass is 10.1. The van der Waals surface area contributed by atoms with Crippen molar-refractivity contribution >= 4 is 0 Å². The monoisotopic (exact) mass is 484 g/mol. The number of ether oxygens (including phenoxy) is 2. The Balaban J connectivity index is 1.61. The Kier molecular flexibility index (Phi) is 16.0. The van der Waals surface area contributed by atoms with E-state index in [4.69, 9.17) is 9.47 Å². The fraction of sp³-hybridized carbons (Fsp3) is 0.625. The van der Waals surface area contributed by atoms with E-state index in [0.29, 0.717) is 6.42 Å². The molecular formula is C32H49FO2. The van der Waals surface area contributed by atoms with E-state index in [2.05, 4.69) is 26.0 Å². The maximum Gasteiger partial charge on any atom is 0.134 e. The van der Waals surface area contributed by atoms with Crippen molar-refractivity contribution in [1.82, 2.24) is 0 Å². The molecule has 1 atom stereocenters. The van der Waals surface area contributed by atoms with Gasteiger partial charge in [-0.15, -0.1) is 0 Å². The molecule has 0 aliphatic carbocycles. The topological polar surface area (TPSA) is 18.5 Å². The molecule has 0 aliphatic rings. The third kappa shape index (κ3) is 13.6. The molecule has 0 aromatic heterocycles. The standard InChI is InChI=1S/C32H49FO2/c1-3-5-7-9-11-12-14-16-26-34-31-22-18-28(19-23-31)29-20-24-32(25-21-29)35-27-30(33)17-15-13-10-8-6-4-2/h18-25,30H,3-17,26-27H2,1-2H3. The van der Waals surface area contributed by atoms with Crippen molar-refractivity contribution in [3.05, 3.63) is 48.5 Å². The minimum Gasteiger partial charge on any atom is -0.494 e. The molecule has 0 aliphatic heterocycles. The third-order valence-corrected chi connectivity index (χ3v) is 6.61. The summed E-state index contributed by atoms with van der Waals surface area (Å²) in [7, 11) is 0. The molecule has 2 rings (SSSR count). The minimum absolute atomic E-state index is 0.138. The van der Waals surface area contributed by atoms with Crippen molar-refractivity contribution in [2.75, 3.05) is 13.2 Å². The summed E-state index contributed by atoms with van der Waals surface area (Å²) in [5.74, 6) is 1.65. The molecule has 0 N–H and O–H groups in total. The molecule has 0 saturated carbocycles. The summed E-state index contributed by atoms with van der Waals surface area (Å²) in [6.07, 6.45) is 17.3. The van der Waals surface area contributed by atoms with Gasteiger partial charge >= 0.3 is 0 Å². The largest absolute Gasteiger partial charge is 0.494 e. The number of hydrogen-bond donors (Lipinski definition) is 0. The van der Waals surface area contributed by atoms with Crippen molar-refractivity contribution < 1.29 is 13.9 Å². The van der Waals surface area contributed by atoms with Crippen LogP contribution in [0.25, 0.3) is 11.1 Å². The Morgan fingerprint density at radius 3 is 1.49 bits per heavy atom. The van der Waals surface area contributed by atoms with Crippen LogP contribution >= 0.6 is 0 Å². The van der Waals surface area contributed by atoms with Crippen molar-refractivity contribution in [2.45, 2.75) is 116 Å². The summed E-state index contributed by atoms with van der Waals surface area (Å²) in [5, 5.41) is 0. The average Bonchev–Trinajstić information content (AvgIpc) is 2.89. The van der Waals surface area contributed by atoms with Gasteiger partial charge in [0, 0.05) is 0 Å². The molecule has 2 nitrogen and oxygen atoms in total. The Hall–Kier alpha value is -2.03. The number of hydrogen-bond acceptors (Lipinski definition) is 2. The highest BCUT2D eigenvalue weighted by atomic mass is 19.1. The van der Waals surface area contributed by atoms with Crippen LogP contribution in [0.5, 0.6) is 11.5 Å². The van der Waals surface area contributed by atoms with Gasteiger partial charge in [-0.1, -0.05) is 122 Å². The van der Waals surface area contributed by atoms with Crippen molar-refractivity contribution in [2.24, 2.45) is 0 Å². The van der Waals surface area contributed by atoms with Crippen LogP contribution in [-0.2, 0) is 0 Å².